The Balaban J connectivity index is 1.81. The van der Waals surface area contributed by atoms with E-state index in [9.17, 15) is 8.42 Å². The number of benzene rings is 2. The zero-order chi connectivity index (χ0) is 19.1. The molecular weight excluding hydrogens is 366 g/mol. The van der Waals surface area contributed by atoms with E-state index >= 15 is 0 Å². The molecule has 1 N–H and O–H groups in total. The Morgan fingerprint density at radius 2 is 1.81 bits per heavy atom. The van der Waals surface area contributed by atoms with Gasteiger partial charge in [-0.05, 0) is 25.0 Å². The molecule has 0 spiro atoms. The molecule has 27 heavy (non-hydrogen) atoms. The highest BCUT2D eigenvalue weighted by Gasteiger charge is 2.43. The lowest BCUT2D eigenvalue weighted by Gasteiger charge is -2.26. The quantitative estimate of drug-likeness (QED) is 0.722. The fourth-order valence-corrected chi connectivity index (χ4v) is 5.45. The Kier molecular flexibility index (Phi) is 4.39. The average Bonchev–Trinajstić information content (AvgIpc) is 3.30. The molecule has 142 valence electrons. The molecule has 0 saturated heterocycles. The summed E-state index contributed by atoms with van der Waals surface area (Å²) < 4.78 is 40.1. The largest absolute Gasteiger partial charge is 0.496 e. The van der Waals surface area contributed by atoms with E-state index in [2.05, 4.69) is 14.9 Å². The molecule has 3 aromatic rings. The maximum absolute atomic E-state index is 13.3. The Bertz CT molecular complexity index is 1090. The second-order valence-electron chi connectivity index (χ2n) is 6.84. The number of nitrogens with zero attached hydrogens (tertiary/aromatic N) is 2. The number of aryl methyl sites for hydroxylation is 1. The first kappa shape index (κ1) is 17.9. The lowest BCUT2D eigenvalue weighted by atomic mass is 9.98. The Morgan fingerprint density at radius 3 is 2.44 bits per heavy atom. The van der Waals surface area contributed by atoms with Crippen LogP contribution in [-0.4, -0.2) is 25.7 Å². The van der Waals surface area contributed by atoms with Gasteiger partial charge in [0.2, 0.25) is 15.9 Å². The first-order valence-electron chi connectivity index (χ1n) is 8.86. The number of rotatable bonds is 5. The van der Waals surface area contributed by atoms with Crippen molar-refractivity contribution in [2.75, 3.05) is 7.11 Å². The molecule has 2 aromatic carbocycles. The molecule has 1 aromatic heterocycles. The van der Waals surface area contributed by atoms with Gasteiger partial charge in [-0.15, -0.1) is 0 Å². The number of aromatic nitrogens is 2. The van der Waals surface area contributed by atoms with Crippen LogP contribution in [0.1, 0.15) is 37.4 Å². The van der Waals surface area contributed by atoms with Crippen LogP contribution in [0.5, 0.6) is 5.75 Å². The fourth-order valence-electron chi connectivity index (χ4n) is 3.81. The minimum absolute atomic E-state index is 0.213. The van der Waals surface area contributed by atoms with E-state index in [1.165, 1.54) is 0 Å². The molecular formula is C19H21N3O4S. The van der Waals surface area contributed by atoms with Crippen molar-refractivity contribution in [3.63, 3.8) is 0 Å². The summed E-state index contributed by atoms with van der Waals surface area (Å²) in [5.41, 5.74) is -0.836. The van der Waals surface area contributed by atoms with Crippen LogP contribution in [-0.2, 0) is 15.6 Å². The summed E-state index contributed by atoms with van der Waals surface area (Å²) >= 11 is 0. The zero-order valence-electron chi connectivity index (χ0n) is 15.2. The van der Waals surface area contributed by atoms with Crippen LogP contribution in [0.25, 0.3) is 10.8 Å². The lowest BCUT2D eigenvalue weighted by molar-refractivity contribution is 0.338. The summed E-state index contributed by atoms with van der Waals surface area (Å²) in [6.07, 6.45) is 3.08. The summed E-state index contributed by atoms with van der Waals surface area (Å²) in [6, 6.07) is 10.6. The van der Waals surface area contributed by atoms with E-state index < -0.39 is 15.6 Å². The first-order chi connectivity index (χ1) is 13.0. The number of methoxy groups -OCH3 is 1. The van der Waals surface area contributed by atoms with Gasteiger partial charge in [-0.3, -0.25) is 0 Å². The predicted octanol–water partition coefficient (Wildman–Crippen LogP) is 3.29. The van der Waals surface area contributed by atoms with Gasteiger partial charge in [0.15, 0.2) is 5.82 Å². The predicted molar refractivity (Wildman–Crippen MR) is 100 cm³/mol. The maximum atomic E-state index is 13.3. The van der Waals surface area contributed by atoms with Gasteiger partial charge >= 0.3 is 0 Å². The number of fused-ring (bicyclic) bond motifs is 1. The Morgan fingerprint density at radius 1 is 1.11 bits per heavy atom. The van der Waals surface area contributed by atoms with E-state index in [4.69, 9.17) is 9.26 Å². The fraction of sp³-hybridized carbons (Fsp3) is 0.368. The highest BCUT2D eigenvalue weighted by molar-refractivity contribution is 7.89. The molecule has 1 aliphatic rings. The van der Waals surface area contributed by atoms with Crippen LogP contribution < -0.4 is 9.46 Å². The number of sulfonamides is 1. The Labute approximate surface area is 157 Å². The van der Waals surface area contributed by atoms with Crippen molar-refractivity contribution in [2.45, 2.75) is 43.0 Å². The molecule has 1 aliphatic carbocycles. The van der Waals surface area contributed by atoms with Crippen LogP contribution >= 0.6 is 0 Å². The summed E-state index contributed by atoms with van der Waals surface area (Å²) in [4.78, 5) is 4.52. The lowest BCUT2D eigenvalue weighted by Crippen LogP contribution is -2.44. The van der Waals surface area contributed by atoms with Crippen molar-refractivity contribution < 1.29 is 17.7 Å². The molecule has 0 unspecified atom stereocenters. The molecule has 7 nitrogen and oxygen atoms in total. The highest BCUT2D eigenvalue weighted by atomic mass is 32.2. The first-order valence-corrected chi connectivity index (χ1v) is 10.3. The summed E-state index contributed by atoms with van der Waals surface area (Å²) in [6.45, 7) is 1.70. The van der Waals surface area contributed by atoms with Crippen LogP contribution in [0, 0.1) is 6.92 Å². The van der Waals surface area contributed by atoms with Crippen molar-refractivity contribution in [3.05, 3.63) is 48.1 Å². The topological polar surface area (TPSA) is 94.3 Å². The second kappa shape index (κ2) is 6.61. The summed E-state index contributed by atoms with van der Waals surface area (Å²) in [5, 5.41) is 5.37. The third-order valence-corrected chi connectivity index (χ3v) is 6.69. The minimum Gasteiger partial charge on any atom is -0.496 e. The molecule has 1 fully saturated rings. The van der Waals surface area contributed by atoms with Crippen molar-refractivity contribution in [2.24, 2.45) is 0 Å². The number of hydrogen-bond donors (Lipinski definition) is 1. The van der Waals surface area contributed by atoms with Gasteiger partial charge in [-0.1, -0.05) is 42.3 Å². The molecule has 0 radical (unpaired) electrons. The van der Waals surface area contributed by atoms with Gasteiger partial charge in [0.1, 0.15) is 5.75 Å². The van der Waals surface area contributed by atoms with Crippen LogP contribution in [0.2, 0.25) is 0 Å². The molecule has 0 bridgehead atoms. The SMILES string of the molecule is COc1ccc(S(=O)(=O)NC2(c3noc(C)n3)CCCC2)c2ccccc12. The van der Waals surface area contributed by atoms with Gasteiger partial charge in [0.25, 0.3) is 0 Å². The maximum Gasteiger partial charge on any atom is 0.242 e. The molecule has 1 heterocycles. The van der Waals surface area contributed by atoms with Gasteiger partial charge in [0, 0.05) is 17.7 Å². The molecule has 8 heteroatoms. The van der Waals surface area contributed by atoms with Crippen molar-refractivity contribution in [3.8, 4) is 5.75 Å². The smallest absolute Gasteiger partial charge is 0.242 e. The van der Waals surface area contributed by atoms with Crippen molar-refractivity contribution in [1.29, 1.82) is 0 Å². The summed E-state index contributed by atoms with van der Waals surface area (Å²) in [5.74, 6) is 1.46. The molecule has 1 saturated carbocycles. The third kappa shape index (κ3) is 3.08. The van der Waals surface area contributed by atoms with Crippen LogP contribution in [0.15, 0.2) is 45.8 Å². The number of ether oxygens (including phenoxy) is 1. The van der Waals surface area contributed by atoms with E-state index in [1.807, 2.05) is 18.2 Å². The van der Waals surface area contributed by atoms with Gasteiger partial charge in [-0.2, -0.15) is 9.71 Å². The molecule has 0 aliphatic heterocycles. The number of nitrogens with one attached hydrogen (secondary N) is 1. The second-order valence-corrected chi connectivity index (χ2v) is 8.49. The monoisotopic (exact) mass is 387 g/mol. The van der Waals surface area contributed by atoms with Crippen molar-refractivity contribution in [1.82, 2.24) is 14.9 Å². The molecule has 0 atom stereocenters. The van der Waals surface area contributed by atoms with Crippen molar-refractivity contribution >= 4 is 20.8 Å². The van der Waals surface area contributed by atoms with E-state index in [0.717, 1.165) is 18.2 Å². The van der Waals surface area contributed by atoms with Gasteiger partial charge in [-0.25, -0.2) is 8.42 Å². The van der Waals surface area contributed by atoms with Crippen LogP contribution in [0.4, 0.5) is 0 Å². The normalized spacial score (nSPS) is 16.7. The Hall–Kier alpha value is -2.45. The van der Waals surface area contributed by atoms with E-state index in [0.29, 0.717) is 35.7 Å². The van der Waals surface area contributed by atoms with E-state index in [-0.39, 0.29) is 4.90 Å². The number of hydrogen-bond acceptors (Lipinski definition) is 6. The van der Waals surface area contributed by atoms with Gasteiger partial charge in [0.05, 0.1) is 17.5 Å². The van der Waals surface area contributed by atoms with Gasteiger partial charge < -0.3 is 9.26 Å². The standard InChI is InChI=1S/C19H21N3O4S/c1-13-20-18(21-26-13)19(11-5-6-12-19)22-27(23,24)17-10-9-16(25-2)14-7-3-4-8-15(14)17/h3-4,7-10,22H,5-6,11-12H2,1-2H3. The van der Waals surface area contributed by atoms with E-state index in [1.54, 1.807) is 32.2 Å². The molecule has 0 amide bonds. The summed E-state index contributed by atoms with van der Waals surface area (Å²) in [7, 11) is -2.25. The third-order valence-electron chi connectivity index (χ3n) is 5.10. The molecule has 4 rings (SSSR count). The highest BCUT2D eigenvalue weighted by Crippen LogP contribution is 2.39. The van der Waals surface area contributed by atoms with Crippen LogP contribution in [0.3, 0.4) is 0 Å². The zero-order valence-corrected chi connectivity index (χ0v) is 16.0. The minimum atomic E-state index is -3.82. The average molecular weight is 387 g/mol.